The van der Waals surface area contributed by atoms with Crippen LogP contribution in [-0.4, -0.2) is 24.7 Å². The SMILES string of the molecule is Nc1nc(-c2ccc(F)c(F)c2F)nc(-n2cccn2)n1. The molecule has 3 rings (SSSR count). The Bertz CT molecular complexity index is 803. The summed E-state index contributed by atoms with van der Waals surface area (Å²) in [6, 6.07) is 3.43. The van der Waals surface area contributed by atoms with Crippen molar-refractivity contribution in [3.8, 4) is 17.3 Å². The lowest BCUT2D eigenvalue weighted by Crippen LogP contribution is -2.09. The van der Waals surface area contributed by atoms with Crippen LogP contribution in [0.25, 0.3) is 17.3 Å². The molecule has 0 spiro atoms. The lowest BCUT2D eigenvalue weighted by atomic mass is 10.2. The van der Waals surface area contributed by atoms with E-state index in [1.54, 1.807) is 12.3 Å². The normalized spacial score (nSPS) is 10.8. The minimum Gasteiger partial charge on any atom is -0.368 e. The molecule has 2 aromatic heterocycles. The molecule has 21 heavy (non-hydrogen) atoms. The van der Waals surface area contributed by atoms with Crippen LogP contribution < -0.4 is 5.73 Å². The Hall–Kier alpha value is -2.97. The Kier molecular flexibility index (Phi) is 3.01. The lowest BCUT2D eigenvalue weighted by molar-refractivity contribution is 0.448. The third kappa shape index (κ3) is 2.29. The van der Waals surface area contributed by atoms with Crippen molar-refractivity contribution in [3.05, 3.63) is 48.0 Å². The first-order chi connectivity index (χ1) is 10.1. The van der Waals surface area contributed by atoms with Crippen molar-refractivity contribution in [1.29, 1.82) is 0 Å². The number of anilines is 1. The summed E-state index contributed by atoms with van der Waals surface area (Å²) < 4.78 is 41.3. The van der Waals surface area contributed by atoms with Gasteiger partial charge in [0.1, 0.15) is 0 Å². The quantitative estimate of drug-likeness (QED) is 0.727. The summed E-state index contributed by atoms with van der Waals surface area (Å²) in [7, 11) is 0. The van der Waals surface area contributed by atoms with E-state index in [2.05, 4.69) is 20.1 Å². The van der Waals surface area contributed by atoms with Gasteiger partial charge in [0.15, 0.2) is 23.3 Å². The number of benzene rings is 1. The molecular weight excluding hydrogens is 285 g/mol. The highest BCUT2D eigenvalue weighted by atomic mass is 19.2. The predicted molar refractivity (Wildman–Crippen MR) is 66.7 cm³/mol. The van der Waals surface area contributed by atoms with Crippen LogP contribution in [0.5, 0.6) is 0 Å². The van der Waals surface area contributed by atoms with E-state index in [4.69, 9.17) is 5.73 Å². The van der Waals surface area contributed by atoms with Gasteiger partial charge in [0.2, 0.25) is 5.95 Å². The second kappa shape index (κ2) is 4.85. The first-order valence-corrected chi connectivity index (χ1v) is 5.71. The highest BCUT2D eigenvalue weighted by Gasteiger charge is 2.18. The predicted octanol–water partition coefficient (Wildman–Crippen LogP) is 1.72. The molecule has 1 aromatic carbocycles. The van der Waals surface area contributed by atoms with E-state index in [-0.39, 0.29) is 23.3 Å². The van der Waals surface area contributed by atoms with Crippen LogP contribution >= 0.6 is 0 Å². The monoisotopic (exact) mass is 292 g/mol. The number of hydrogen-bond acceptors (Lipinski definition) is 5. The topological polar surface area (TPSA) is 82.5 Å². The molecule has 0 aliphatic rings. The Morgan fingerprint density at radius 3 is 2.52 bits per heavy atom. The molecule has 0 saturated heterocycles. The van der Waals surface area contributed by atoms with Crippen LogP contribution in [-0.2, 0) is 0 Å². The zero-order chi connectivity index (χ0) is 15.0. The summed E-state index contributed by atoms with van der Waals surface area (Å²) in [6.07, 6.45) is 3.03. The van der Waals surface area contributed by atoms with Crippen LogP contribution in [0, 0.1) is 17.5 Å². The van der Waals surface area contributed by atoms with E-state index in [1.807, 2.05) is 0 Å². The van der Waals surface area contributed by atoms with Gasteiger partial charge in [0, 0.05) is 12.4 Å². The molecular formula is C12H7F3N6. The van der Waals surface area contributed by atoms with Gasteiger partial charge < -0.3 is 5.73 Å². The number of nitrogens with two attached hydrogens (primary N) is 1. The zero-order valence-electron chi connectivity index (χ0n) is 10.3. The van der Waals surface area contributed by atoms with Crippen LogP contribution in [0.1, 0.15) is 0 Å². The van der Waals surface area contributed by atoms with E-state index in [0.717, 1.165) is 12.1 Å². The average molecular weight is 292 g/mol. The van der Waals surface area contributed by atoms with Gasteiger partial charge in [-0.1, -0.05) is 0 Å². The molecule has 106 valence electrons. The van der Waals surface area contributed by atoms with Crippen molar-refractivity contribution in [1.82, 2.24) is 24.7 Å². The van der Waals surface area contributed by atoms with Crippen molar-refractivity contribution in [2.45, 2.75) is 0 Å². The van der Waals surface area contributed by atoms with E-state index >= 15 is 0 Å². The fourth-order valence-corrected chi connectivity index (χ4v) is 1.69. The first kappa shape index (κ1) is 13.0. The van der Waals surface area contributed by atoms with Crippen LogP contribution in [0.3, 0.4) is 0 Å². The van der Waals surface area contributed by atoms with Crippen molar-refractivity contribution >= 4 is 5.95 Å². The molecule has 0 aliphatic heterocycles. The average Bonchev–Trinajstić information content (AvgIpc) is 2.98. The minimum absolute atomic E-state index is 0.0339. The van der Waals surface area contributed by atoms with Gasteiger partial charge in [0.25, 0.3) is 5.95 Å². The first-order valence-electron chi connectivity index (χ1n) is 5.71. The van der Waals surface area contributed by atoms with E-state index < -0.39 is 17.5 Å². The van der Waals surface area contributed by atoms with Crippen molar-refractivity contribution in [2.75, 3.05) is 5.73 Å². The van der Waals surface area contributed by atoms with E-state index in [0.29, 0.717) is 0 Å². The van der Waals surface area contributed by atoms with Gasteiger partial charge in [-0.3, -0.25) is 0 Å². The number of nitrogens with zero attached hydrogens (tertiary/aromatic N) is 5. The molecule has 0 atom stereocenters. The Morgan fingerprint density at radius 2 is 1.81 bits per heavy atom. The summed E-state index contributed by atoms with van der Waals surface area (Å²) in [5, 5.41) is 3.90. The van der Waals surface area contributed by atoms with Crippen LogP contribution in [0.2, 0.25) is 0 Å². The Morgan fingerprint density at radius 1 is 1.00 bits per heavy atom. The van der Waals surface area contributed by atoms with Crippen LogP contribution in [0.4, 0.5) is 19.1 Å². The van der Waals surface area contributed by atoms with Crippen molar-refractivity contribution < 1.29 is 13.2 Å². The molecule has 6 nitrogen and oxygen atoms in total. The van der Waals surface area contributed by atoms with Crippen molar-refractivity contribution in [3.63, 3.8) is 0 Å². The molecule has 0 bridgehead atoms. The maximum absolute atomic E-state index is 13.8. The number of hydrogen-bond donors (Lipinski definition) is 1. The highest BCUT2D eigenvalue weighted by Crippen LogP contribution is 2.23. The number of aromatic nitrogens is 5. The smallest absolute Gasteiger partial charge is 0.255 e. The zero-order valence-corrected chi connectivity index (χ0v) is 10.3. The van der Waals surface area contributed by atoms with Crippen LogP contribution in [0.15, 0.2) is 30.6 Å². The summed E-state index contributed by atoms with van der Waals surface area (Å²) >= 11 is 0. The third-order valence-electron chi connectivity index (χ3n) is 2.63. The molecule has 0 unspecified atom stereocenters. The minimum atomic E-state index is -1.60. The Balaban J connectivity index is 2.18. The second-order valence-electron chi connectivity index (χ2n) is 3.99. The third-order valence-corrected chi connectivity index (χ3v) is 2.63. The Labute approximate surface area is 116 Å². The summed E-state index contributed by atoms with van der Waals surface area (Å²) in [5.41, 5.74) is 5.20. The molecule has 0 aliphatic carbocycles. The molecule has 3 aromatic rings. The molecule has 2 heterocycles. The number of halogens is 3. The number of nitrogen functional groups attached to an aromatic ring is 1. The van der Waals surface area contributed by atoms with Gasteiger partial charge in [0.05, 0.1) is 5.56 Å². The highest BCUT2D eigenvalue weighted by molar-refractivity contribution is 5.57. The van der Waals surface area contributed by atoms with Crippen molar-refractivity contribution in [2.24, 2.45) is 0 Å². The molecule has 9 heteroatoms. The van der Waals surface area contributed by atoms with E-state index in [9.17, 15) is 13.2 Å². The van der Waals surface area contributed by atoms with Gasteiger partial charge in [-0.05, 0) is 18.2 Å². The summed E-state index contributed by atoms with van der Waals surface area (Å²) in [4.78, 5) is 11.5. The maximum atomic E-state index is 13.8. The fourth-order valence-electron chi connectivity index (χ4n) is 1.69. The lowest BCUT2D eigenvalue weighted by Gasteiger charge is -2.06. The van der Waals surface area contributed by atoms with Gasteiger partial charge in [-0.2, -0.15) is 20.1 Å². The summed E-state index contributed by atoms with van der Waals surface area (Å²) in [5.74, 6) is -4.68. The maximum Gasteiger partial charge on any atom is 0.255 e. The molecule has 0 fully saturated rings. The van der Waals surface area contributed by atoms with Gasteiger partial charge in [-0.15, -0.1) is 0 Å². The molecule has 2 N–H and O–H groups in total. The molecule has 0 saturated carbocycles. The van der Waals surface area contributed by atoms with Gasteiger partial charge in [-0.25, -0.2) is 17.9 Å². The second-order valence-corrected chi connectivity index (χ2v) is 3.99. The molecule has 0 radical (unpaired) electrons. The number of rotatable bonds is 2. The fraction of sp³-hybridized carbons (Fsp3) is 0. The standard InChI is InChI=1S/C12H7F3N6/c13-7-3-2-6(8(14)9(7)15)10-18-11(16)20-12(19-10)21-5-1-4-17-21/h1-5H,(H2,16,18,19,20). The largest absolute Gasteiger partial charge is 0.368 e. The van der Waals surface area contributed by atoms with E-state index in [1.165, 1.54) is 10.9 Å². The molecule has 0 amide bonds. The summed E-state index contributed by atoms with van der Waals surface area (Å²) in [6.45, 7) is 0. The van der Waals surface area contributed by atoms with Gasteiger partial charge >= 0.3 is 0 Å².